The molecule has 0 aliphatic heterocycles. The van der Waals surface area contributed by atoms with Crippen LogP contribution < -0.4 is 16.0 Å². The van der Waals surface area contributed by atoms with Crippen molar-refractivity contribution in [2.24, 2.45) is 5.73 Å². The van der Waals surface area contributed by atoms with Crippen LogP contribution >= 0.6 is 0 Å². The smallest absolute Gasteiger partial charge is 0.236 e. The molecule has 0 spiro atoms. The first-order chi connectivity index (χ1) is 9.95. The number of carbonyl (C=O) groups is 1. The predicted octanol–water partition coefficient (Wildman–Crippen LogP) is 1.43. The van der Waals surface area contributed by atoms with E-state index in [1.807, 2.05) is 4.90 Å². The lowest BCUT2D eigenvalue weighted by molar-refractivity contribution is -0.116. The van der Waals surface area contributed by atoms with Crippen molar-refractivity contribution in [1.82, 2.24) is 5.32 Å². The van der Waals surface area contributed by atoms with Crippen LogP contribution in [0.2, 0.25) is 0 Å². The van der Waals surface area contributed by atoms with E-state index in [9.17, 15) is 4.79 Å². The molecule has 1 aromatic carbocycles. The molecular weight excluding hydrogens is 266 g/mol. The molecule has 0 saturated heterocycles. The number of carbonyl (C=O) groups excluding carboxylic acids is 1. The number of ether oxygens (including phenoxy) is 1. The quantitative estimate of drug-likeness (QED) is 0.676. The highest BCUT2D eigenvalue weighted by molar-refractivity contribution is 5.80. The van der Waals surface area contributed by atoms with Gasteiger partial charge in [0.1, 0.15) is 0 Å². The van der Waals surface area contributed by atoms with Gasteiger partial charge in [-0.25, -0.2) is 0 Å². The topological polar surface area (TPSA) is 67.6 Å². The Morgan fingerprint density at radius 2 is 2.14 bits per heavy atom. The van der Waals surface area contributed by atoms with Crippen LogP contribution in [0.5, 0.6) is 0 Å². The van der Waals surface area contributed by atoms with Crippen LogP contribution in [0.4, 0.5) is 5.69 Å². The van der Waals surface area contributed by atoms with E-state index in [1.165, 1.54) is 5.56 Å². The second-order valence-corrected chi connectivity index (χ2v) is 5.48. The monoisotopic (exact) mass is 293 g/mol. The highest BCUT2D eigenvalue weighted by Gasteiger charge is 2.15. The second kappa shape index (κ2) is 8.64. The van der Waals surface area contributed by atoms with Gasteiger partial charge >= 0.3 is 0 Å². The molecule has 0 aromatic heterocycles. The lowest BCUT2D eigenvalue weighted by atomic mass is 10.1. The van der Waals surface area contributed by atoms with E-state index in [-0.39, 0.29) is 18.5 Å². The van der Waals surface area contributed by atoms with Crippen LogP contribution in [0.25, 0.3) is 0 Å². The van der Waals surface area contributed by atoms with Crippen molar-refractivity contribution in [3.05, 3.63) is 29.3 Å². The van der Waals surface area contributed by atoms with Crippen LogP contribution in [-0.2, 0) is 16.1 Å². The third-order valence-electron chi connectivity index (χ3n) is 3.33. The predicted molar refractivity (Wildman–Crippen MR) is 86.4 cm³/mol. The van der Waals surface area contributed by atoms with Gasteiger partial charge in [0.05, 0.1) is 13.2 Å². The van der Waals surface area contributed by atoms with Crippen molar-refractivity contribution in [3.63, 3.8) is 0 Å². The van der Waals surface area contributed by atoms with Gasteiger partial charge < -0.3 is 20.7 Å². The van der Waals surface area contributed by atoms with E-state index in [0.717, 1.165) is 24.3 Å². The number of benzene rings is 1. The molecule has 0 unspecified atom stereocenters. The summed E-state index contributed by atoms with van der Waals surface area (Å²) in [5.41, 5.74) is 8.77. The van der Waals surface area contributed by atoms with Crippen LogP contribution in [0.1, 0.15) is 25.0 Å². The average Bonchev–Trinajstić information content (AvgIpc) is 2.41. The van der Waals surface area contributed by atoms with Crippen LogP contribution in [0, 0.1) is 6.92 Å². The number of primary amides is 1. The van der Waals surface area contributed by atoms with E-state index in [4.69, 9.17) is 10.5 Å². The summed E-state index contributed by atoms with van der Waals surface area (Å²) in [4.78, 5) is 13.3. The molecule has 1 rings (SSSR count). The maximum Gasteiger partial charge on any atom is 0.236 e. The maximum absolute atomic E-state index is 11.2. The molecule has 3 N–H and O–H groups in total. The van der Waals surface area contributed by atoms with Gasteiger partial charge in [0.25, 0.3) is 0 Å². The minimum absolute atomic E-state index is 0.224. The van der Waals surface area contributed by atoms with E-state index in [1.54, 1.807) is 7.11 Å². The summed E-state index contributed by atoms with van der Waals surface area (Å²) in [6.07, 6.45) is 0. The van der Waals surface area contributed by atoms with E-state index < -0.39 is 0 Å². The summed E-state index contributed by atoms with van der Waals surface area (Å²) in [6.45, 7) is 8.76. The van der Waals surface area contributed by atoms with Crippen molar-refractivity contribution in [2.75, 3.05) is 31.7 Å². The Hall–Kier alpha value is -1.59. The van der Waals surface area contributed by atoms with E-state index in [2.05, 4.69) is 44.3 Å². The standard InChI is InChI=1S/C16H27N3O2/c1-12(2)19(11-16(17)20)15-6-5-14(9-13(15)3)10-18-7-8-21-4/h5-6,9,12,18H,7-8,10-11H2,1-4H3,(H2,17,20). The van der Waals surface area contributed by atoms with Gasteiger partial charge in [-0.1, -0.05) is 12.1 Å². The SMILES string of the molecule is COCCNCc1ccc(N(CC(N)=O)C(C)C)c(C)c1. The first-order valence-corrected chi connectivity index (χ1v) is 7.29. The van der Waals surface area contributed by atoms with Gasteiger partial charge in [0, 0.05) is 31.9 Å². The Kier molecular flexibility index (Phi) is 7.19. The van der Waals surface area contributed by atoms with Crippen LogP contribution in [0.15, 0.2) is 18.2 Å². The maximum atomic E-state index is 11.2. The first kappa shape index (κ1) is 17.5. The third kappa shape index (κ3) is 5.73. The van der Waals surface area contributed by atoms with Gasteiger partial charge in [0.15, 0.2) is 0 Å². The molecule has 0 aliphatic carbocycles. The number of methoxy groups -OCH3 is 1. The minimum Gasteiger partial charge on any atom is -0.383 e. The van der Waals surface area contributed by atoms with Crippen molar-refractivity contribution >= 4 is 11.6 Å². The van der Waals surface area contributed by atoms with E-state index in [0.29, 0.717) is 6.61 Å². The number of nitrogens with zero attached hydrogens (tertiary/aromatic N) is 1. The average molecular weight is 293 g/mol. The zero-order valence-electron chi connectivity index (χ0n) is 13.5. The number of aryl methyl sites for hydroxylation is 1. The molecule has 0 bridgehead atoms. The number of hydrogen-bond acceptors (Lipinski definition) is 4. The summed E-state index contributed by atoms with van der Waals surface area (Å²) in [5, 5.41) is 3.32. The summed E-state index contributed by atoms with van der Waals surface area (Å²) in [6, 6.07) is 6.51. The molecule has 5 heteroatoms. The summed E-state index contributed by atoms with van der Waals surface area (Å²) < 4.78 is 5.00. The third-order valence-corrected chi connectivity index (χ3v) is 3.33. The van der Waals surface area contributed by atoms with Gasteiger partial charge in [-0.3, -0.25) is 4.79 Å². The molecule has 0 radical (unpaired) electrons. The van der Waals surface area contributed by atoms with Crippen molar-refractivity contribution < 1.29 is 9.53 Å². The fourth-order valence-electron chi connectivity index (χ4n) is 2.27. The number of nitrogens with two attached hydrogens (primary N) is 1. The normalized spacial score (nSPS) is 10.9. The Morgan fingerprint density at radius 3 is 2.67 bits per heavy atom. The molecule has 21 heavy (non-hydrogen) atoms. The molecule has 5 nitrogen and oxygen atoms in total. The van der Waals surface area contributed by atoms with Gasteiger partial charge in [0.2, 0.25) is 5.91 Å². The fraction of sp³-hybridized carbons (Fsp3) is 0.562. The minimum atomic E-state index is -0.312. The Labute approximate surface area is 127 Å². The number of anilines is 1. The lowest BCUT2D eigenvalue weighted by Crippen LogP contribution is -2.39. The largest absolute Gasteiger partial charge is 0.383 e. The molecule has 1 aromatic rings. The second-order valence-electron chi connectivity index (χ2n) is 5.48. The summed E-state index contributed by atoms with van der Waals surface area (Å²) >= 11 is 0. The number of hydrogen-bond donors (Lipinski definition) is 2. The Morgan fingerprint density at radius 1 is 1.43 bits per heavy atom. The Balaban J connectivity index is 2.77. The molecule has 0 heterocycles. The first-order valence-electron chi connectivity index (χ1n) is 7.29. The molecule has 0 fully saturated rings. The van der Waals surface area contributed by atoms with Crippen molar-refractivity contribution in [1.29, 1.82) is 0 Å². The fourth-order valence-corrected chi connectivity index (χ4v) is 2.27. The number of amides is 1. The van der Waals surface area contributed by atoms with Gasteiger partial charge in [-0.05, 0) is 38.0 Å². The number of rotatable bonds is 9. The molecule has 118 valence electrons. The lowest BCUT2D eigenvalue weighted by Gasteiger charge is -2.29. The van der Waals surface area contributed by atoms with Gasteiger partial charge in [-0.2, -0.15) is 0 Å². The van der Waals surface area contributed by atoms with E-state index >= 15 is 0 Å². The highest BCUT2D eigenvalue weighted by atomic mass is 16.5. The molecule has 1 amide bonds. The van der Waals surface area contributed by atoms with Crippen molar-refractivity contribution in [3.8, 4) is 0 Å². The highest BCUT2D eigenvalue weighted by Crippen LogP contribution is 2.23. The molecule has 0 saturated carbocycles. The van der Waals surface area contributed by atoms with Crippen LogP contribution in [0.3, 0.4) is 0 Å². The van der Waals surface area contributed by atoms with Gasteiger partial charge in [-0.15, -0.1) is 0 Å². The zero-order chi connectivity index (χ0) is 15.8. The number of nitrogens with one attached hydrogen (secondary N) is 1. The summed E-state index contributed by atoms with van der Waals surface area (Å²) in [5.74, 6) is -0.312. The molecule has 0 atom stereocenters. The van der Waals surface area contributed by atoms with Crippen molar-refractivity contribution in [2.45, 2.75) is 33.4 Å². The van der Waals surface area contributed by atoms with Crippen LogP contribution in [-0.4, -0.2) is 38.8 Å². The molecular formula is C16H27N3O2. The summed E-state index contributed by atoms with van der Waals surface area (Å²) in [7, 11) is 1.69. The Bertz CT molecular complexity index is 461. The molecule has 0 aliphatic rings. The zero-order valence-corrected chi connectivity index (χ0v) is 13.5.